The van der Waals surface area contributed by atoms with Gasteiger partial charge >= 0.3 is 6.18 Å². The summed E-state index contributed by atoms with van der Waals surface area (Å²) in [5, 5.41) is 9.08. The molecule has 2 rings (SSSR count). The summed E-state index contributed by atoms with van der Waals surface area (Å²) in [6.45, 7) is -0.430. The van der Waals surface area contributed by atoms with E-state index in [4.69, 9.17) is 10.00 Å². The Morgan fingerprint density at radius 3 is 2.43 bits per heavy atom. The number of ketones is 1. The first-order valence-electron chi connectivity index (χ1n) is 6.55. The van der Waals surface area contributed by atoms with Crippen LogP contribution in [0.2, 0.25) is 0 Å². The predicted octanol–water partition coefficient (Wildman–Crippen LogP) is 3.36. The van der Waals surface area contributed by atoms with E-state index in [0.29, 0.717) is 5.69 Å². The highest BCUT2D eigenvalue weighted by atomic mass is 19.4. The zero-order valence-electron chi connectivity index (χ0n) is 11.7. The lowest BCUT2D eigenvalue weighted by molar-refractivity contribution is -0.137. The van der Waals surface area contributed by atoms with Gasteiger partial charge < -0.3 is 4.74 Å². The van der Waals surface area contributed by atoms with Crippen molar-refractivity contribution in [3.63, 3.8) is 0 Å². The molecule has 118 valence electrons. The van der Waals surface area contributed by atoms with Crippen molar-refractivity contribution in [1.29, 1.82) is 5.26 Å². The number of carbonyl (C=O) groups is 1. The fraction of sp³-hybridized carbons (Fsp3) is 0.188. The van der Waals surface area contributed by atoms with Gasteiger partial charge in [0, 0.05) is 6.20 Å². The standard InChI is InChI=1S/C16H11F3N2O2/c17-16(18,19)11-4-6-12(7-5-11)23-10-15(22)13(9-20)14-3-1-2-8-21-14/h1-8,13H,10H2/t13-/m0/s1. The molecule has 1 atom stereocenters. The van der Waals surface area contributed by atoms with Crippen LogP contribution in [-0.2, 0) is 11.0 Å². The summed E-state index contributed by atoms with van der Waals surface area (Å²) in [5.74, 6) is -1.49. The summed E-state index contributed by atoms with van der Waals surface area (Å²) in [6, 6.07) is 10.7. The van der Waals surface area contributed by atoms with E-state index in [1.165, 1.54) is 6.20 Å². The number of nitriles is 1. The van der Waals surface area contributed by atoms with Gasteiger partial charge in [-0.3, -0.25) is 9.78 Å². The number of hydrogen-bond acceptors (Lipinski definition) is 4. The molecule has 1 heterocycles. The fourth-order valence-electron chi connectivity index (χ4n) is 1.83. The minimum atomic E-state index is -4.43. The molecular formula is C16H11F3N2O2. The second kappa shape index (κ2) is 6.92. The van der Waals surface area contributed by atoms with E-state index >= 15 is 0 Å². The number of alkyl halides is 3. The zero-order chi connectivity index (χ0) is 16.9. The molecule has 0 aliphatic heterocycles. The number of aromatic nitrogens is 1. The van der Waals surface area contributed by atoms with Crippen LogP contribution in [0.3, 0.4) is 0 Å². The van der Waals surface area contributed by atoms with E-state index in [2.05, 4.69) is 4.98 Å². The summed E-state index contributed by atoms with van der Waals surface area (Å²) in [5.41, 5.74) is -0.504. The quantitative estimate of drug-likeness (QED) is 0.847. The third-order valence-corrected chi connectivity index (χ3v) is 3.00. The number of rotatable bonds is 5. The van der Waals surface area contributed by atoms with Crippen molar-refractivity contribution in [2.45, 2.75) is 12.1 Å². The van der Waals surface area contributed by atoms with Crippen LogP contribution >= 0.6 is 0 Å². The molecule has 0 N–H and O–H groups in total. The van der Waals surface area contributed by atoms with E-state index < -0.39 is 30.0 Å². The fourth-order valence-corrected chi connectivity index (χ4v) is 1.83. The van der Waals surface area contributed by atoms with E-state index in [0.717, 1.165) is 24.3 Å². The summed E-state index contributed by atoms with van der Waals surface area (Å²) in [4.78, 5) is 15.9. The second-order valence-corrected chi connectivity index (χ2v) is 4.59. The molecule has 0 amide bonds. The summed E-state index contributed by atoms with van der Waals surface area (Å²) < 4.78 is 42.4. The van der Waals surface area contributed by atoms with E-state index in [9.17, 15) is 18.0 Å². The van der Waals surface area contributed by atoms with Crippen molar-refractivity contribution < 1.29 is 22.7 Å². The number of pyridine rings is 1. The van der Waals surface area contributed by atoms with Gasteiger partial charge in [0.2, 0.25) is 0 Å². The highest BCUT2D eigenvalue weighted by Gasteiger charge is 2.30. The molecule has 2 aromatic rings. The van der Waals surface area contributed by atoms with Crippen LogP contribution in [0.25, 0.3) is 0 Å². The van der Waals surface area contributed by atoms with Crippen LogP contribution in [0.15, 0.2) is 48.7 Å². The maximum Gasteiger partial charge on any atom is 0.416 e. The SMILES string of the molecule is N#C[C@H](C(=O)COc1ccc(C(F)(F)F)cc1)c1ccccn1. The smallest absolute Gasteiger partial charge is 0.416 e. The molecule has 23 heavy (non-hydrogen) atoms. The monoisotopic (exact) mass is 320 g/mol. The Morgan fingerprint density at radius 1 is 1.22 bits per heavy atom. The third kappa shape index (κ3) is 4.30. The van der Waals surface area contributed by atoms with E-state index in [1.54, 1.807) is 18.2 Å². The molecule has 0 bridgehead atoms. The maximum absolute atomic E-state index is 12.4. The Morgan fingerprint density at radius 2 is 1.91 bits per heavy atom. The molecule has 0 spiro atoms. The lowest BCUT2D eigenvalue weighted by atomic mass is 10.0. The molecule has 7 heteroatoms. The topological polar surface area (TPSA) is 63.0 Å². The zero-order valence-corrected chi connectivity index (χ0v) is 11.7. The van der Waals surface area contributed by atoms with Crippen molar-refractivity contribution >= 4 is 5.78 Å². The minimum absolute atomic E-state index is 0.115. The molecule has 4 nitrogen and oxygen atoms in total. The number of carbonyl (C=O) groups excluding carboxylic acids is 1. The summed E-state index contributed by atoms with van der Waals surface area (Å²) in [6.07, 6.45) is -2.97. The lowest BCUT2D eigenvalue weighted by Gasteiger charge is -2.10. The number of halogens is 3. The van der Waals surface area contributed by atoms with Crippen LogP contribution in [0.5, 0.6) is 5.75 Å². The molecule has 0 aliphatic rings. The highest BCUT2D eigenvalue weighted by molar-refractivity contribution is 5.89. The van der Waals surface area contributed by atoms with Crippen LogP contribution < -0.4 is 4.74 Å². The average Bonchev–Trinajstić information content (AvgIpc) is 2.54. The predicted molar refractivity (Wildman–Crippen MR) is 74.5 cm³/mol. The molecule has 1 aromatic heterocycles. The number of nitrogens with zero attached hydrogens (tertiary/aromatic N) is 2. The van der Waals surface area contributed by atoms with Crippen LogP contribution in [0.4, 0.5) is 13.2 Å². The molecule has 1 aromatic carbocycles. The summed E-state index contributed by atoms with van der Waals surface area (Å²) in [7, 11) is 0. The van der Waals surface area contributed by atoms with Gasteiger partial charge in [0.15, 0.2) is 11.7 Å². The van der Waals surface area contributed by atoms with Crippen molar-refractivity contribution in [3.05, 3.63) is 59.9 Å². The number of Topliss-reactive ketones (excluding diaryl/α,β-unsaturated/α-hetero) is 1. The number of hydrogen-bond donors (Lipinski definition) is 0. The Labute approximate surface area is 130 Å². The molecule has 0 radical (unpaired) electrons. The van der Waals surface area contributed by atoms with Gasteiger partial charge in [-0.15, -0.1) is 0 Å². The highest BCUT2D eigenvalue weighted by Crippen LogP contribution is 2.30. The normalized spacial score (nSPS) is 12.3. The Bertz CT molecular complexity index is 707. The molecule has 0 unspecified atom stereocenters. The van der Waals surface area contributed by atoms with Gasteiger partial charge in [0.05, 0.1) is 17.3 Å². The van der Waals surface area contributed by atoms with E-state index in [1.807, 2.05) is 6.07 Å². The first-order valence-corrected chi connectivity index (χ1v) is 6.55. The van der Waals surface area contributed by atoms with Crippen LogP contribution in [0.1, 0.15) is 17.2 Å². The van der Waals surface area contributed by atoms with Crippen molar-refractivity contribution in [2.75, 3.05) is 6.61 Å². The molecule has 0 saturated heterocycles. The first-order chi connectivity index (χ1) is 10.9. The Kier molecular flexibility index (Phi) is 4.96. The molecule has 0 fully saturated rings. The average molecular weight is 320 g/mol. The minimum Gasteiger partial charge on any atom is -0.486 e. The summed E-state index contributed by atoms with van der Waals surface area (Å²) >= 11 is 0. The van der Waals surface area contributed by atoms with Crippen molar-refractivity contribution in [3.8, 4) is 11.8 Å². The lowest BCUT2D eigenvalue weighted by Crippen LogP contribution is -2.19. The first kappa shape index (κ1) is 16.5. The third-order valence-electron chi connectivity index (χ3n) is 3.00. The number of ether oxygens (including phenoxy) is 1. The Hall–Kier alpha value is -2.88. The van der Waals surface area contributed by atoms with Gasteiger partial charge in [0.25, 0.3) is 0 Å². The van der Waals surface area contributed by atoms with Crippen molar-refractivity contribution in [1.82, 2.24) is 4.98 Å². The largest absolute Gasteiger partial charge is 0.486 e. The molecule has 0 saturated carbocycles. The molecular weight excluding hydrogens is 309 g/mol. The number of benzene rings is 1. The second-order valence-electron chi connectivity index (χ2n) is 4.59. The van der Waals surface area contributed by atoms with Gasteiger partial charge in [0.1, 0.15) is 12.4 Å². The van der Waals surface area contributed by atoms with Gasteiger partial charge in [-0.25, -0.2) is 0 Å². The molecule has 0 aliphatic carbocycles. The van der Waals surface area contributed by atoms with Crippen LogP contribution in [-0.4, -0.2) is 17.4 Å². The van der Waals surface area contributed by atoms with Gasteiger partial charge in [-0.1, -0.05) is 6.07 Å². The Balaban J connectivity index is 2.00. The van der Waals surface area contributed by atoms with E-state index in [-0.39, 0.29) is 5.75 Å². The van der Waals surface area contributed by atoms with Crippen LogP contribution in [0, 0.1) is 11.3 Å². The van der Waals surface area contributed by atoms with Crippen molar-refractivity contribution in [2.24, 2.45) is 0 Å². The van der Waals surface area contributed by atoms with Gasteiger partial charge in [-0.2, -0.15) is 18.4 Å². The maximum atomic E-state index is 12.4. The van der Waals surface area contributed by atoms with Gasteiger partial charge in [-0.05, 0) is 36.4 Å².